The Morgan fingerprint density at radius 1 is 1.26 bits per heavy atom. The molecule has 1 aromatic carbocycles. The van der Waals surface area contributed by atoms with Gasteiger partial charge in [-0.3, -0.25) is 4.79 Å². The number of methoxy groups -OCH3 is 1. The van der Waals surface area contributed by atoms with Crippen LogP contribution in [0.25, 0.3) is 0 Å². The van der Waals surface area contributed by atoms with E-state index in [1.54, 1.807) is 12.1 Å². The van der Waals surface area contributed by atoms with Gasteiger partial charge in [0.15, 0.2) is 23.2 Å². The lowest BCUT2D eigenvalue weighted by Gasteiger charge is -2.30. The number of hydrogen-bond donors (Lipinski definition) is 2. The van der Waals surface area contributed by atoms with Crippen LogP contribution < -0.4 is 10.1 Å². The highest BCUT2D eigenvalue weighted by Crippen LogP contribution is 2.30. The smallest absolute Gasteiger partial charge is 0.331 e. The minimum Gasteiger partial charge on any atom is -0.503 e. The summed E-state index contributed by atoms with van der Waals surface area (Å²) in [6, 6.07) is 6.64. The van der Waals surface area contributed by atoms with Gasteiger partial charge in [0.2, 0.25) is 0 Å². The molecule has 184 valence electrons. The first-order chi connectivity index (χ1) is 16.3. The Morgan fingerprint density at radius 3 is 2.68 bits per heavy atom. The van der Waals surface area contributed by atoms with Gasteiger partial charge in [-0.05, 0) is 43.4 Å². The van der Waals surface area contributed by atoms with Crippen molar-refractivity contribution in [3.63, 3.8) is 0 Å². The average Bonchev–Trinajstić information content (AvgIpc) is 2.86. The number of hydrogen-bond acceptors (Lipinski definition) is 7. The van der Waals surface area contributed by atoms with Crippen molar-refractivity contribution in [3.8, 4) is 11.5 Å². The van der Waals surface area contributed by atoms with E-state index in [9.17, 15) is 19.1 Å². The number of rotatable bonds is 7. The Morgan fingerprint density at radius 2 is 2.00 bits per heavy atom. The lowest BCUT2D eigenvalue weighted by atomic mass is 9.81. The Kier molecular flexibility index (Phi) is 8.81. The van der Waals surface area contributed by atoms with Crippen molar-refractivity contribution in [1.82, 2.24) is 10.3 Å². The fourth-order valence-electron chi connectivity index (χ4n) is 4.25. The van der Waals surface area contributed by atoms with Crippen LogP contribution in [0.5, 0.6) is 11.5 Å². The van der Waals surface area contributed by atoms with Crippen molar-refractivity contribution in [2.75, 3.05) is 20.3 Å². The highest BCUT2D eigenvalue weighted by molar-refractivity contribution is 5.98. The Labute approximate surface area is 198 Å². The molecule has 9 heteroatoms. The summed E-state index contributed by atoms with van der Waals surface area (Å²) >= 11 is 0. The second-order valence-corrected chi connectivity index (χ2v) is 8.46. The van der Waals surface area contributed by atoms with Crippen molar-refractivity contribution in [3.05, 3.63) is 53.6 Å². The third kappa shape index (κ3) is 6.22. The number of aromatic hydroxyl groups is 1. The minimum atomic E-state index is -1.07. The number of nitrogens with zero attached hydrogens (tertiary/aromatic N) is 1. The van der Waals surface area contributed by atoms with Gasteiger partial charge in [0.25, 0.3) is 5.91 Å². The molecule has 0 bridgehead atoms. The SMILES string of the molecule is CCC[C@H]1COC[C@H](NC(=O)c2nccc(OC)c2O)C(=O)O[C@@H](C)[C@@H]1Cc1ccc(F)cc1. The van der Waals surface area contributed by atoms with E-state index in [-0.39, 0.29) is 35.7 Å². The molecule has 1 saturated heterocycles. The zero-order valence-electron chi connectivity index (χ0n) is 19.6. The lowest BCUT2D eigenvalue weighted by molar-refractivity contribution is -0.153. The molecule has 2 heterocycles. The molecule has 0 spiro atoms. The van der Waals surface area contributed by atoms with E-state index in [0.29, 0.717) is 13.0 Å². The molecule has 4 atom stereocenters. The summed E-state index contributed by atoms with van der Waals surface area (Å²) in [5.74, 6) is -1.96. The highest BCUT2D eigenvalue weighted by Gasteiger charge is 2.35. The molecule has 0 saturated carbocycles. The van der Waals surface area contributed by atoms with Crippen LogP contribution in [0.15, 0.2) is 36.5 Å². The fraction of sp³-hybridized carbons (Fsp3) is 0.480. The van der Waals surface area contributed by atoms with Gasteiger partial charge in [0, 0.05) is 24.8 Å². The first-order valence-electron chi connectivity index (χ1n) is 11.4. The van der Waals surface area contributed by atoms with E-state index in [4.69, 9.17) is 14.2 Å². The fourth-order valence-corrected chi connectivity index (χ4v) is 4.25. The molecule has 2 N–H and O–H groups in total. The quantitative estimate of drug-likeness (QED) is 0.593. The van der Waals surface area contributed by atoms with Crippen LogP contribution in [0.1, 0.15) is 42.7 Å². The standard InChI is InChI=1S/C25H31FN2O6/c1-4-5-17-13-33-14-20(28-24(30)22-23(29)21(32-3)10-11-27-22)25(31)34-15(2)19(17)12-16-6-8-18(26)9-7-16/h6-11,15,17,19-20,29H,4-5,12-14H2,1-3H3,(H,28,30)/t15-,17-,19-,20-/m0/s1. The number of esters is 1. The number of aromatic nitrogens is 1. The number of ether oxygens (including phenoxy) is 3. The van der Waals surface area contributed by atoms with Crippen LogP contribution >= 0.6 is 0 Å². The van der Waals surface area contributed by atoms with Gasteiger partial charge in [-0.1, -0.05) is 25.5 Å². The molecule has 34 heavy (non-hydrogen) atoms. The normalized spacial score (nSPS) is 23.2. The summed E-state index contributed by atoms with van der Waals surface area (Å²) in [6.07, 6.45) is 3.25. The zero-order chi connectivity index (χ0) is 24.7. The molecular formula is C25H31FN2O6. The molecule has 1 aromatic heterocycles. The molecule has 1 aliphatic heterocycles. The van der Waals surface area contributed by atoms with Gasteiger partial charge in [0.05, 0.1) is 13.7 Å². The number of amides is 1. The second kappa shape index (κ2) is 11.8. The van der Waals surface area contributed by atoms with Gasteiger partial charge in [-0.25, -0.2) is 14.2 Å². The van der Waals surface area contributed by atoms with Crippen LogP contribution in [0, 0.1) is 17.7 Å². The molecule has 8 nitrogen and oxygen atoms in total. The highest BCUT2D eigenvalue weighted by atomic mass is 19.1. The van der Waals surface area contributed by atoms with Gasteiger partial charge in [-0.15, -0.1) is 0 Å². The average molecular weight is 475 g/mol. The van der Waals surface area contributed by atoms with Crippen molar-refractivity contribution in [2.24, 2.45) is 11.8 Å². The lowest BCUT2D eigenvalue weighted by Crippen LogP contribution is -2.46. The van der Waals surface area contributed by atoms with E-state index < -0.39 is 29.8 Å². The van der Waals surface area contributed by atoms with Crippen molar-refractivity contribution >= 4 is 11.9 Å². The molecule has 1 fully saturated rings. The summed E-state index contributed by atoms with van der Waals surface area (Å²) < 4.78 is 30.0. The van der Waals surface area contributed by atoms with Crippen LogP contribution in [0.4, 0.5) is 4.39 Å². The summed E-state index contributed by atoms with van der Waals surface area (Å²) in [6.45, 7) is 4.21. The molecule has 0 aliphatic carbocycles. The molecule has 1 aliphatic rings. The number of benzene rings is 1. The van der Waals surface area contributed by atoms with Gasteiger partial charge in [0.1, 0.15) is 11.9 Å². The third-order valence-corrected chi connectivity index (χ3v) is 6.08. The van der Waals surface area contributed by atoms with Gasteiger partial charge >= 0.3 is 5.97 Å². The molecular weight excluding hydrogens is 443 g/mol. The number of nitrogens with one attached hydrogen (secondary N) is 1. The number of halogens is 1. The van der Waals surface area contributed by atoms with Crippen LogP contribution in [0.2, 0.25) is 0 Å². The van der Waals surface area contributed by atoms with Gasteiger partial charge in [-0.2, -0.15) is 0 Å². The topological polar surface area (TPSA) is 107 Å². The van der Waals surface area contributed by atoms with E-state index in [0.717, 1.165) is 18.4 Å². The Hall–Kier alpha value is -3.20. The van der Waals surface area contributed by atoms with E-state index in [1.807, 2.05) is 6.92 Å². The van der Waals surface area contributed by atoms with Crippen molar-refractivity contribution < 1.29 is 33.3 Å². The monoisotopic (exact) mass is 474 g/mol. The number of cyclic esters (lactones) is 1. The third-order valence-electron chi connectivity index (χ3n) is 6.08. The molecule has 2 aromatic rings. The molecule has 0 radical (unpaired) electrons. The zero-order valence-corrected chi connectivity index (χ0v) is 19.6. The van der Waals surface area contributed by atoms with Crippen molar-refractivity contribution in [1.29, 1.82) is 0 Å². The first kappa shape index (κ1) is 25.4. The summed E-state index contributed by atoms with van der Waals surface area (Å²) in [5.41, 5.74) is 0.678. The minimum absolute atomic E-state index is 0.0482. The molecule has 0 unspecified atom stereocenters. The summed E-state index contributed by atoms with van der Waals surface area (Å²) in [5, 5.41) is 12.8. The van der Waals surface area contributed by atoms with E-state index in [2.05, 4.69) is 17.2 Å². The van der Waals surface area contributed by atoms with Crippen LogP contribution in [-0.4, -0.2) is 54.4 Å². The number of pyridine rings is 1. The van der Waals surface area contributed by atoms with E-state index >= 15 is 0 Å². The molecule has 1 amide bonds. The van der Waals surface area contributed by atoms with Crippen molar-refractivity contribution in [2.45, 2.75) is 45.3 Å². The summed E-state index contributed by atoms with van der Waals surface area (Å²) in [7, 11) is 1.36. The maximum absolute atomic E-state index is 13.3. The maximum atomic E-state index is 13.3. The van der Waals surface area contributed by atoms with Crippen LogP contribution in [-0.2, 0) is 20.7 Å². The number of carbonyl (C=O) groups is 2. The first-order valence-corrected chi connectivity index (χ1v) is 11.4. The molecule has 3 rings (SSSR count). The predicted octanol–water partition coefficient (Wildman–Crippen LogP) is 3.27. The van der Waals surface area contributed by atoms with E-state index in [1.165, 1.54) is 31.5 Å². The second-order valence-electron chi connectivity index (χ2n) is 8.46. The van der Waals surface area contributed by atoms with Crippen LogP contribution in [0.3, 0.4) is 0 Å². The maximum Gasteiger partial charge on any atom is 0.331 e. The Bertz CT molecular complexity index is 984. The predicted molar refractivity (Wildman–Crippen MR) is 122 cm³/mol. The summed E-state index contributed by atoms with van der Waals surface area (Å²) in [4.78, 5) is 29.6. The van der Waals surface area contributed by atoms with Gasteiger partial charge < -0.3 is 24.6 Å². The number of carbonyl (C=O) groups excluding carboxylic acids is 2. The Balaban J connectivity index is 1.77. The largest absolute Gasteiger partial charge is 0.503 e.